The van der Waals surface area contributed by atoms with Crippen LogP contribution in [0.5, 0.6) is 5.75 Å². The Kier molecular flexibility index (Phi) is 5.41. The van der Waals surface area contributed by atoms with Gasteiger partial charge in [0.15, 0.2) is 6.61 Å². The van der Waals surface area contributed by atoms with E-state index < -0.39 is 0 Å². The van der Waals surface area contributed by atoms with Gasteiger partial charge in [-0.15, -0.1) is 0 Å². The van der Waals surface area contributed by atoms with Crippen LogP contribution in [0.3, 0.4) is 0 Å². The van der Waals surface area contributed by atoms with E-state index in [1.165, 1.54) is 12.1 Å². The van der Waals surface area contributed by atoms with Gasteiger partial charge in [-0.3, -0.25) is 4.79 Å². The average Bonchev–Trinajstić information content (AvgIpc) is 3.38. The topological polar surface area (TPSA) is 80.5 Å². The number of benzene rings is 2. The Morgan fingerprint density at radius 3 is 2.66 bits per heavy atom. The molecule has 0 atom stereocenters. The van der Waals surface area contributed by atoms with Gasteiger partial charge in [-0.05, 0) is 55.3 Å². The monoisotopic (exact) mass is 396 g/mol. The minimum atomic E-state index is -0.370. The highest BCUT2D eigenvalue weighted by Gasteiger charge is 2.15. The Balaban J connectivity index is 1.39. The molecule has 150 valence electrons. The van der Waals surface area contributed by atoms with Crippen LogP contribution in [0.2, 0.25) is 0 Å². The number of nitrogens with zero attached hydrogens (tertiary/aromatic N) is 3. The van der Waals surface area contributed by atoms with E-state index in [-0.39, 0.29) is 18.3 Å². The zero-order valence-corrected chi connectivity index (χ0v) is 16.0. The molecular weight excluding hydrogens is 375 g/mol. The number of ether oxygens (including phenoxy) is 1. The number of carbonyl (C=O) groups is 1. The zero-order valence-electron chi connectivity index (χ0n) is 16.0. The third kappa shape index (κ3) is 4.71. The van der Waals surface area contributed by atoms with Gasteiger partial charge in [0.25, 0.3) is 5.91 Å². The average molecular weight is 396 g/mol. The smallest absolute Gasteiger partial charge is 0.255 e. The lowest BCUT2D eigenvalue weighted by Crippen LogP contribution is -2.18. The number of amides is 1. The molecule has 0 bridgehead atoms. The highest BCUT2D eigenvalue weighted by molar-refractivity contribution is 6.04. The van der Waals surface area contributed by atoms with Crippen LogP contribution in [0, 0.1) is 12.7 Å². The van der Waals surface area contributed by atoms with Crippen LogP contribution >= 0.6 is 0 Å². The van der Waals surface area contributed by atoms with Gasteiger partial charge >= 0.3 is 0 Å². The molecule has 1 aliphatic rings. The van der Waals surface area contributed by atoms with Crippen molar-refractivity contribution < 1.29 is 18.4 Å². The van der Waals surface area contributed by atoms with E-state index in [1.807, 2.05) is 0 Å². The number of rotatable bonds is 6. The zero-order chi connectivity index (χ0) is 20.2. The Bertz CT molecular complexity index is 997. The predicted octanol–water partition coefficient (Wildman–Crippen LogP) is 3.95. The molecule has 1 fully saturated rings. The van der Waals surface area contributed by atoms with Crippen LogP contribution in [0.15, 0.2) is 47.0 Å². The Morgan fingerprint density at radius 2 is 1.97 bits per heavy atom. The number of hydrogen-bond acceptors (Lipinski definition) is 6. The van der Waals surface area contributed by atoms with Crippen molar-refractivity contribution in [3.63, 3.8) is 0 Å². The molecule has 1 saturated heterocycles. The number of aromatic nitrogens is 2. The summed E-state index contributed by atoms with van der Waals surface area (Å²) in [4.78, 5) is 18.7. The van der Waals surface area contributed by atoms with Gasteiger partial charge in [-0.2, -0.15) is 4.98 Å². The Labute approximate surface area is 167 Å². The van der Waals surface area contributed by atoms with Gasteiger partial charge in [0.05, 0.1) is 0 Å². The molecule has 3 aromatic rings. The molecule has 1 aliphatic heterocycles. The van der Waals surface area contributed by atoms with Crippen molar-refractivity contribution in [1.82, 2.24) is 10.1 Å². The largest absolute Gasteiger partial charge is 0.485 e. The van der Waals surface area contributed by atoms with Gasteiger partial charge in [-0.1, -0.05) is 5.16 Å². The number of nitrogens with one attached hydrogen (secondary N) is 1. The van der Waals surface area contributed by atoms with Crippen LogP contribution in [-0.2, 0) is 6.61 Å². The van der Waals surface area contributed by atoms with Crippen molar-refractivity contribution in [3.8, 4) is 5.75 Å². The lowest BCUT2D eigenvalue weighted by Gasteiger charge is -2.19. The first-order chi connectivity index (χ1) is 14.1. The second-order valence-corrected chi connectivity index (χ2v) is 6.89. The Hall–Kier alpha value is -3.42. The van der Waals surface area contributed by atoms with Crippen LogP contribution in [-0.4, -0.2) is 29.1 Å². The summed E-state index contributed by atoms with van der Waals surface area (Å²) in [7, 11) is 0. The van der Waals surface area contributed by atoms with Crippen molar-refractivity contribution >= 4 is 17.3 Å². The van der Waals surface area contributed by atoms with E-state index in [0.29, 0.717) is 28.7 Å². The number of carbonyl (C=O) groups excluding carboxylic acids is 1. The van der Waals surface area contributed by atoms with E-state index in [0.717, 1.165) is 31.6 Å². The Morgan fingerprint density at radius 1 is 1.21 bits per heavy atom. The fourth-order valence-electron chi connectivity index (χ4n) is 3.26. The molecule has 1 N–H and O–H groups in total. The quantitative estimate of drug-likeness (QED) is 0.680. The molecule has 0 aliphatic carbocycles. The summed E-state index contributed by atoms with van der Waals surface area (Å²) in [6.07, 6.45) is 2.19. The van der Waals surface area contributed by atoms with E-state index in [9.17, 15) is 9.18 Å². The number of aryl methyl sites for hydroxylation is 1. The van der Waals surface area contributed by atoms with E-state index in [4.69, 9.17) is 9.26 Å². The molecule has 0 radical (unpaired) electrons. The van der Waals surface area contributed by atoms with Crippen molar-refractivity contribution in [1.29, 1.82) is 0 Å². The van der Waals surface area contributed by atoms with Crippen LogP contribution in [0.4, 0.5) is 15.8 Å². The molecule has 8 heteroatoms. The highest BCUT2D eigenvalue weighted by atomic mass is 19.1. The molecule has 0 unspecified atom stereocenters. The minimum absolute atomic E-state index is 0.172. The summed E-state index contributed by atoms with van der Waals surface area (Å²) >= 11 is 0. The third-order valence-electron chi connectivity index (χ3n) is 4.67. The van der Waals surface area contributed by atoms with Crippen LogP contribution < -0.4 is 15.0 Å². The van der Waals surface area contributed by atoms with Gasteiger partial charge in [0.1, 0.15) is 11.6 Å². The molecule has 0 spiro atoms. The van der Waals surface area contributed by atoms with Crippen molar-refractivity contribution in [2.45, 2.75) is 26.4 Å². The molecule has 1 aromatic heterocycles. The molecule has 7 nitrogen and oxygen atoms in total. The predicted molar refractivity (Wildman–Crippen MR) is 106 cm³/mol. The van der Waals surface area contributed by atoms with E-state index >= 15 is 0 Å². The lowest BCUT2D eigenvalue weighted by molar-refractivity contribution is 0.102. The fraction of sp³-hybridized carbons (Fsp3) is 0.286. The fourth-order valence-corrected chi connectivity index (χ4v) is 3.26. The van der Waals surface area contributed by atoms with Gasteiger partial charge in [0.2, 0.25) is 11.7 Å². The second kappa shape index (κ2) is 8.30. The number of halogens is 1. The summed E-state index contributed by atoms with van der Waals surface area (Å²) in [6, 6.07) is 11.3. The first kappa shape index (κ1) is 18.9. The van der Waals surface area contributed by atoms with Crippen molar-refractivity contribution in [3.05, 3.63) is 65.6 Å². The molecule has 2 heterocycles. The maximum Gasteiger partial charge on any atom is 0.255 e. The SMILES string of the molecule is Cc1nc(COc2ccc(C(=O)Nc3cc(F)cc(N4CCCC4)c3)cc2)no1. The molecule has 4 rings (SSSR count). The standard InChI is InChI=1S/C21H21FN4O3/c1-14-23-20(25-29-14)13-28-19-6-4-15(5-7-19)21(27)24-17-10-16(22)11-18(12-17)26-8-2-3-9-26/h4-7,10-12H,2-3,8-9,13H2,1H3,(H,24,27). The summed E-state index contributed by atoms with van der Waals surface area (Å²) in [5.41, 5.74) is 1.67. The first-order valence-electron chi connectivity index (χ1n) is 9.46. The molecule has 2 aromatic carbocycles. The summed E-state index contributed by atoms with van der Waals surface area (Å²) in [5.74, 6) is 0.810. The van der Waals surface area contributed by atoms with Gasteiger partial charge < -0.3 is 19.5 Å². The molecule has 0 saturated carbocycles. The molecule has 1 amide bonds. The molecular formula is C21H21FN4O3. The van der Waals surface area contributed by atoms with Crippen molar-refractivity contribution in [2.75, 3.05) is 23.3 Å². The maximum absolute atomic E-state index is 14.0. The summed E-state index contributed by atoms with van der Waals surface area (Å²) in [6.45, 7) is 3.69. The van der Waals surface area contributed by atoms with Gasteiger partial charge in [0, 0.05) is 37.0 Å². The summed E-state index contributed by atoms with van der Waals surface area (Å²) in [5, 5.41) is 6.52. The second-order valence-electron chi connectivity index (χ2n) is 6.89. The minimum Gasteiger partial charge on any atom is -0.485 e. The third-order valence-corrected chi connectivity index (χ3v) is 4.67. The van der Waals surface area contributed by atoms with Gasteiger partial charge in [-0.25, -0.2) is 4.39 Å². The first-order valence-corrected chi connectivity index (χ1v) is 9.46. The highest BCUT2D eigenvalue weighted by Crippen LogP contribution is 2.25. The van der Waals surface area contributed by atoms with Crippen molar-refractivity contribution in [2.24, 2.45) is 0 Å². The maximum atomic E-state index is 14.0. The molecule has 29 heavy (non-hydrogen) atoms. The number of anilines is 2. The normalized spacial score (nSPS) is 13.5. The number of hydrogen-bond donors (Lipinski definition) is 1. The van der Waals surface area contributed by atoms with E-state index in [1.54, 1.807) is 37.3 Å². The van der Waals surface area contributed by atoms with Crippen LogP contribution in [0.1, 0.15) is 34.9 Å². The van der Waals surface area contributed by atoms with Crippen LogP contribution in [0.25, 0.3) is 0 Å². The summed E-state index contributed by atoms with van der Waals surface area (Å²) < 4.78 is 24.5. The lowest BCUT2D eigenvalue weighted by atomic mass is 10.2. The van der Waals surface area contributed by atoms with E-state index in [2.05, 4.69) is 20.4 Å².